The zero-order valence-corrected chi connectivity index (χ0v) is 17.9. The van der Waals surface area contributed by atoms with Crippen molar-refractivity contribution in [1.82, 2.24) is 9.80 Å². The van der Waals surface area contributed by atoms with Crippen molar-refractivity contribution < 1.29 is 33.7 Å². The Labute approximate surface area is 185 Å². The van der Waals surface area contributed by atoms with Gasteiger partial charge in [0.05, 0.1) is 43.2 Å². The lowest BCUT2D eigenvalue weighted by Gasteiger charge is -2.58. The standard InChI is InChI=1S/C20H18N2O7S2/c1-10(23)29-14-3-5-28-9-12-7-20-17(25)21-15-11(8-27-4-2-13(15)24)6-19(21,30-31-20)18(26)22(20)16(12)14/h2-5,8-9,13-16,24H,6-7H2,1H3/t13-,14-,15-,16-,19+,20?/m0/s1. The maximum absolute atomic E-state index is 14.0. The van der Waals surface area contributed by atoms with Gasteiger partial charge in [0.1, 0.15) is 6.10 Å². The van der Waals surface area contributed by atoms with Crippen LogP contribution in [-0.4, -0.2) is 66.7 Å². The van der Waals surface area contributed by atoms with Crippen molar-refractivity contribution in [1.29, 1.82) is 0 Å². The third-order valence-corrected chi connectivity index (χ3v) is 10.1. The number of carbonyl (C=O) groups is 3. The van der Waals surface area contributed by atoms with Crippen LogP contribution in [0, 0.1) is 0 Å². The van der Waals surface area contributed by atoms with Gasteiger partial charge in [-0.05, 0) is 23.3 Å². The van der Waals surface area contributed by atoms with E-state index in [0.29, 0.717) is 11.1 Å². The highest BCUT2D eigenvalue weighted by molar-refractivity contribution is 8.78. The fraction of sp³-hybridized carbons (Fsp3) is 0.450. The molecule has 0 aromatic heterocycles. The molecule has 7 aliphatic heterocycles. The van der Waals surface area contributed by atoms with Crippen LogP contribution in [-0.2, 0) is 28.6 Å². The Kier molecular flexibility index (Phi) is 3.95. The summed E-state index contributed by atoms with van der Waals surface area (Å²) < 4.78 is 16.3. The number of aliphatic hydroxyl groups is 1. The van der Waals surface area contributed by atoms with E-state index >= 15 is 0 Å². The van der Waals surface area contributed by atoms with Crippen LogP contribution >= 0.6 is 21.6 Å². The Bertz CT molecular complexity index is 1040. The van der Waals surface area contributed by atoms with Gasteiger partial charge in [-0.15, -0.1) is 0 Å². The van der Waals surface area contributed by atoms with Gasteiger partial charge in [-0.1, -0.05) is 21.6 Å². The highest BCUT2D eigenvalue weighted by Gasteiger charge is 2.77. The summed E-state index contributed by atoms with van der Waals surface area (Å²) in [7, 11) is 2.71. The first-order valence-electron chi connectivity index (χ1n) is 9.81. The Hall–Kier alpha value is -2.37. The number of amides is 2. The normalized spacial score (nSPS) is 41.7. The number of hydrogen-bond acceptors (Lipinski definition) is 9. The van der Waals surface area contributed by atoms with Crippen molar-refractivity contribution in [2.45, 2.75) is 53.8 Å². The minimum absolute atomic E-state index is 0.234. The molecule has 0 saturated carbocycles. The topological polar surface area (TPSA) is 106 Å². The van der Waals surface area contributed by atoms with E-state index in [4.69, 9.17) is 14.2 Å². The van der Waals surface area contributed by atoms with E-state index in [9.17, 15) is 19.5 Å². The second-order valence-electron chi connectivity index (χ2n) is 8.21. The smallest absolute Gasteiger partial charge is 0.303 e. The summed E-state index contributed by atoms with van der Waals surface area (Å²) in [5.41, 5.74) is 1.41. The molecule has 5 fully saturated rings. The predicted octanol–water partition coefficient (Wildman–Crippen LogP) is 1.14. The molecule has 0 aliphatic carbocycles. The lowest BCUT2D eigenvalue weighted by Crippen LogP contribution is -2.77. The Balaban J connectivity index is 1.49. The third-order valence-electron chi connectivity index (χ3n) is 6.48. The summed E-state index contributed by atoms with van der Waals surface area (Å²) in [6, 6.07) is -1.30. The van der Waals surface area contributed by atoms with E-state index in [1.165, 1.54) is 59.6 Å². The molecule has 0 aromatic rings. The molecule has 7 aliphatic rings. The number of ether oxygens (including phenoxy) is 3. The number of hydrogen-bond donors (Lipinski definition) is 1. The molecule has 2 spiro atoms. The maximum atomic E-state index is 14.0. The van der Waals surface area contributed by atoms with Gasteiger partial charge in [0.25, 0.3) is 11.8 Å². The molecule has 7 rings (SSSR count). The predicted molar refractivity (Wildman–Crippen MR) is 109 cm³/mol. The van der Waals surface area contributed by atoms with Gasteiger partial charge in [-0.2, -0.15) is 0 Å². The van der Waals surface area contributed by atoms with Gasteiger partial charge >= 0.3 is 5.97 Å². The first-order chi connectivity index (χ1) is 14.9. The van der Waals surface area contributed by atoms with Crippen LogP contribution in [0.15, 0.2) is 48.3 Å². The van der Waals surface area contributed by atoms with E-state index < -0.39 is 40.0 Å². The quantitative estimate of drug-likeness (QED) is 0.454. The van der Waals surface area contributed by atoms with Gasteiger partial charge in [-0.3, -0.25) is 14.4 Å². The van der Waals surface area contributed by atoms with Crippen molar-refractivity contribution in [2.24, 2.45) is 0 Å². The average Bonchev–Trinajstić information content (AvgIpc) is 3.11. The van der Waals surface area contributed by atoms with Crippen LogP contribution in [0.2, 0.25) is 0 Å². The number of rotatable bonds is 1. The number of carbonyl (C=O) groups excluding carboxylic acids is 3. The first-order valence-corrected chi connectivity index (χ1v) is 12.0. The van der Waals surface area contributed by atoms with Crippen molar-refractivity contribution in [3.63, 3.8) is 0 Å². The molecule has 2 bridgehead atoms. The molecule has 5 saturated heterocycles. The largest absolute Gasteiger partial charge is 0.473 e. The zero-order valence-electron chi connectivity index (χ0n) is 16.3. The number of esters is 1. The molecule has 31 heavy (non-hydrogen) atoms. The first kappa shape index (κ1) is 19.3. The number of fused-ring (bicyclic) bond motifs is 3. The van der Waals surface area contributed by atoms with Gasteiger partial charge in [-0.25, -0.2) is 0 Å². The average molecular weight is 463 g/mol. The second kappa shape index (κ2) is 6.33. The van der Waals surface area contributed by atoms with Crippen LogP contribution in [0.1, 0.15) is 19.8 Å². The molecule has 0 aromatic carbocycles. The highest BCUT2D eigenvalue weighted by atomic mass is 33.1. The van der Waals surface area contributed by atoms with E-state index in [-0.39, 0.29) is 24.7 Å². The van der Waals surface area contributed by atoms with Gasteiger partial charge in [0, 0.05) is 19.8 Å². The minimum atomic E-state index is -1.20. The number of piperazine rings is 1. The highest BCUT2D eigenvalue weighted by Crippen LogP contribution is 2.69. The molecule has 1 unspecified atom stereocenters. The Morgan fingerprint density at radius 3 is 2.19 bits per heavy atom. The maximum Gasteiger partial charge on any atom is 0.303 e. The molecular weight excluding hydrogens is 444 g/mol. The van der Waals surface area contributed by atoms with E-state index in [0.717, 1.165) is 0 Å². The van der Waals surface area contributed by atoms with Crippen molar-refractivity contribution in [2.75, 3.05) is 0 Å². The van der Waals surface area contributed by atoms with E-state index in [1.54, 1.807) is 15.9 Å². The molecule has 6 atom stereocenters. The lowest BCUT2D eigenvalue weighted by molar-refractivity contribution is -0.170. The third kappa shape index (κ3) is 2.31. The van der Waals surface area contributed by atoms with Crippen LogP contribution < -0.4 is 0 Å². The van der Waals surface area contributed by atoms with Crippen molar-refractivity contribution in [3.05, 3.63) is 48.3 Å². The summed E-state index contributed by atoms with van der Waals surface area (Å²) in [5.74, 6) is -0.958. The molecule has 162 valence electrons. The monoisotopic (exact) mass is 462 g/mol. The minimum Gasteiger partial charge on any atom is -0.473 e. The van der Waals surface area contributed by atoms with Gasteiger partial charge in [0.15, 0.2) is 9.74 Å². The van der Waals surface area contributed by atoms with E-state index in [2.05, 4.69) is 0 Å². The summed E-state index contributed by atoms with van der Waals surface area (Å²) in [6.07, 6.45) is 7.68. The van der Waals surface area contributed by atoms with Crippen molar-refractivity contribution in [3.8, 4) is 0 Å². The fourth-order valence-electron chi connectivity index (χ4n) is 5.34. The summed E-state index contributed by atoms with van der Waals surface area (Å²) in [5, 5.41) is 10.7. The van der Waals surface area contributed by atoms with Crippen molar-refractivity contribution >= 4 is 39.4 Å². The molecular formula is C20H18N2O7S2. The Morgan fingerprint density at radius 2 is 1.58 bits per heavy atom. The van der Waals surface area contributed by atoms with Crippen LogP contribution in [0.4, 0.5) is 0 Å². The summed E-state index contributed by atoms with van der Waals surface area (Å²) in [6.45, 7) is 1.31. The second-order valence-corrected chi connectivity index (χ2v) is 10.9. The van der Waals surface area contributed by atoms with Crippen LogP contribution in [0.5, 0.6) is 0 Å². The molecule has 0 radical (unpaired) electrons. The van der Waals surface area contributed by atoms with Crippen LogP contribution in [0.25, 0.3) is 0 Å². The van der Waals surface area contributed by atoms with Crippen LogP contribution in [0.3, 0.4) is 0 Å². The Morgan fingerprint density at radius 1 is 1.03 bits per heavy atom. The van der Waals surface area contributed by atoms with Gasteiger partial charge in [0.2, 0.25) is 0 Å². The molecule has 11 heteroatoms. The molecule has 2 amide bonds. The zero-order chi connectivity index (χ0) is 21.5. The fourth-order valence-corrected chi connectivity index (χ4v) is 9.05. The number of aliphatic hydroxyl groups excluding tert-OH is 1. The molecule has 7 heterocycles. The molecule has 1 N–H and O–H groups in total. The molecule has 9 nitrogen and oxygen atoms in total. The lowest BCUT2D eigenvalue weighted by atomic mass is 10.0. The van der Waals surface area contributed by atoms with Gasteiger partial charge < -0.3 is 29.1 Å². The van der Waals surface area contributed by atoms with E-state index in [1.807, 2.05) is 0 Å². The summed E-state index contributed by atoms with van der Waals surface area (Å²) in [4.78, 5) is 40.5. The summed E-state index contributed by atoms with van der Waals surface area (Å²) >= 11 is 0. The SMILES string of the molecule is CC(=O)O[C@H]1C=COC=C2CC34SS[C@]5(CC6=COC=C[C@H](O)[C@H]6N5C3=O)C(=O)N4[C@@H]21. The number of nitrogens with zero attached hydrogens (tertiary/aromatic N) is 2.